The number of carboxylic acids is 2. The first-order chi connectivity index (χ1) is 25.7. The molecule has 5 aromatic carbocycles. The van der Waals surface area contributed by atoms with Crippen LogP contribution in [0, 0.1) is 0 Å². The number of phenols is 1. The van der Waals surface area contributed by atoms with E-state index in [-0.39, 0.29) is 11.3 Å². The van der Waals surface area contributed by atoms with Crippen LogP contribution >= 0.6 is 0 Å². The predicted octanol–water partition coefficient (Wildman–Crippen LogP) is 9.81. The number of carbonyl (C=O) groups is 2. The van der Waals surface area contributed by atoms with Gasteiger partial charge in [-0.25, -0.2) is 9.59 Å². The van der Waals surface area contributed by atoms with Crippen LogP contribution < -0.4 is 4.90 Å². The van der Waals surface area contributed by atoms with Crippen LogP contribution in [0.25, 0.3) is 33.9 Å². The normalized spacial score (nSPS) is 19.6. The van der Waals surface area contributed by atoms with Crippen LogP contribution in [0.1, 0.15) is 76.0 Å². The molecule has 9 rings (SSSR count). The smallest absolute Gasteiger partial charge is 0.335 e. The molecule has 2 unspecified atom stereocenters. The van der Waals surface area contributed by atoms with Crippen molar-refractivity contribution < 1.29 is 24.9 Å². The number of aliphatic carboxylic acids is 1. The first-order valence-electron chi connectivity index (χ1n) is 17.9. The summed E-state index contributed by atoms with van der Waals surface area (Å²) in [6.45, 7) is 2.23. The molecule has 0 amide bonds. The van der Waals surface area contributed by atoms with E-state index in [2.05, 4.69) is 78.6 Å². The predicted molar refractivity (Wildman–Crippen MR) is 208 cm³/mol. The molecule has 7 nitrogen and oxygen atoms in total. The Labute approximate surface area is 307 Å². The summed E-state index contributed by atoms with van der Waals surface area (Å²) in [6.07, 6.45) is 10.8. The number of allylic oxidation sites excluding steroid dienone is 4. The monoisotopic (exact) mass is 696 g/mol. The summed E-state index contributed by atoms with van der Waals surface area (Å²) >= 11 is 0. The zero-order chi connectivity index (χ0) is 36.4. The number of rotatable bonds is 6. The summed E-state index contributed by atoms with van der Waals surface area (Å²) in [4.78, 5) is 31.2. The molecular formula is C46H36N2O5. The van der Waals surface area contributed by atoms with Crippen LogP contribution in [-0.4, -0.2) is 33.1 Å². The van der Waals surface area contributed by atoms with Crippen molar-refractivity contribution in [3.63, 3.8) is 0 Å². The van der Waals surface area contributed by atoms with E-state index < -0.39 is 23.5 Å². The average molecular weight is 697 g/mol. The number of benzene rings is 5. The largest absolute Gasteiger partial charge is 0.507 e. The Kier molecular flexibility index (Phi) is 7.55. The minimum atomic E-state index is -0.967. The molecule has 53 heavy (non-hydrogen) atoms. The van der Waals surface area contributed by atoms with Gasteiger partial charge in [0.1, 0.15) is 17.6 Å². The van der Waals surface area contributed by atoms with Gasteiger partial charge in [-0.1, -0.05) is 78.9 Å². The van der Waals surface area contributed by atoms with Gasteiger partial charge < -0.3 is 20.2 Å². The summed E-state index contributed by atoms with van der Waals surface area (Å²) in [7, 11) is 0. The molecule has 3 N–H and O–H groups in total. The maximum atomic E-state index is 11.7. The van der Waals surface area contributed by atoms with Crippen LogP contribution in [0.2, 0.25) is 0 Å². The molecule has 7 heteroatoms. The van der Waals surface area contributed by atoms with Gasteiger partial charge in [0.05, 0.1) is 16.7 Å². The van der Waals surface area contributed by atoms with Crippen molar-refractivity contribution in [2.75, 3.05) is 4.90 Å². The lowest BCUT2D eigenvalue weighted by molar-refractivity contribution is -0.132. The number of carboxylic acid groups (broad SMARTS) is 2. The van der Waals surface area contributed by atoms with Crippen molar-refractivity contribution in [1.29, 1.82) is 0 Å². The number of aryl methyl sites for hydroxylation is 1. The van der Waals surface area contributed by atoms with Crippen molar-refractivity contribution in [3.8, 4) is 28.0 Å². The third-order valence-electron chi connectivity index (χ3n) is 11.3. The highest BCUT2D eigenvalue weighted by molar-refractivity contribution is 6.15. The molecule has 260 valence electrons. The van der Waals surface area contributed by atoms with Gasteiger partial charge in [-0.15, -0.1) is 0 Å². The van der Waals surface area contributed by atoms with Gasteiger partial charge in [-0.3, -0.25) is 4.99 Å². The Hall–Kier alpha value is -6.47. The van der Waals surface area contributed by atoms with Gasteiger partial charge in [0.25, 0.3) is 0 Å². The highest BCUT2D eigenvalue weighted by Gasteiger charge is 2.54. The van der Waals surface area contributed by atoms with Gasteiger partial charge in [-0.2, -0.15) is 0 Å². The van der Waals surface area contributed by atoms with Crippen molar-refractivity contribution in [2.24, 2.45) is 4.99 Å². The molecule has 0 bridgehead atoms. The van der Waals surface area contributed by atoms with Crippen molar-refractivity contribution >= 4 is 35.1 Å². The van der Waals surface area contributed by atoms with E-state index in [1.165, 1.54) is 0 Å². The van der Waals surface area contributed by atoms with Gasteiger partial charge >= 0.3 is 11.9 Å². The Morgan fingerprint density at radius 3 is 2.25 bits per heavy atom. The lowest BCUT2D eigenvalue weighted by atomic mass is 9.69. The molecule has 0 aromatic heterocycles. The maximum Gasteiger partial charge on any atom is 0.335 e. The van der Waals surface area contributed by atoms with Crippen LogP contribution in [-0.2, 0) is 16.8 Å². The molecule has 5 aromatic rings. The molecule has 1 heterocycles. The van der Waals surface area contributed by atoms with Crippen LogP contribution in [0.15, 0.2) is 132 Å². The SMILES string of the molecule is CC12c3cc(C4=CC=C(C(=O)O)CC4)ccc3-c3ccc(-c4ccc(C(=O)O)cc4)cc3C1N=C(c1cc3c(cc1O)CCC=C3)N2c1ccccc1. The molecule has 2 atom stereocenters. The summed E-state index contributed by atoms with van der Waals surface area (Å²) < 4.78 is 0. The number of amidine groups is 1. The standard InChI is InChI=1S/C46H36N2O5/c1-46-40-25-34(28-13-17-30(18-14-28)45(52)53)20-22-37(40)36-21-19-33(27-11-15-29(16-12-27)44(50)51)23-38(36)42(46)47-43(48(46)35-9-3-2-4-10-35)39-24-31-7-5-6-8-32(31)26-41(39)49/h2-5,7,9-13,15-17,19-26,42,49H,6,8,14,18H2,1H3,(H,50,51)(H,52,53). The Morgan fingerprint density at radius 1 is 0.755 bits per heavy atom. The zero-order valence-electron chi connectivity index (χ0n) is 29.1. The summed E-state index contributed by atoms with van der Waals surface area (Å²) in [5.41, 5.74) is 11.9. The minimum Gasteiger partial charge on any atom is -0.507 e. The summed E-state index contributed by atoms with van der Waals surface area (Å²) in [5.74, 6) is -0.985. The Morgan fingerprint density at radius 2 is 1.51 bits per heavy atom. The molecule has 0 radical (unpaired) electrons. The van der Waals surface area contributed by atoms with Crippen molar-refractivity contribution in [3.05, 3.63) is 166 Å². The zero-order valence-corrected chi connectivity index (χ0v) is 29.1. The minimum absolute atomic E-state index is 0.191. The second-order valence-electron chi connectivity index (χ2n) is 14.3. The number of hydrogen-bond donors (Lipinski definition) is 3. The summed E-state index contributed by atoms with van der Waals surface area (Å²) in [5, 5.41) is 30.8. The van der Waals surface area contributed by atoms with Crippen LogP contribution in [0.4, 0.5) is 5.69 Å². The van der Waals surface area contributed by atoms with E-state index in [0.717, 1.165) is 74.2 Å². The van der Waals surface area contributed by atoms with E-state index in [1.54, 1.807) is 18.2 Å². The number of aliphatic imine (C=N–C) groups is 1. The number of aromatic hydroxyl groups is 1. The van der Waals surface area contributed by atoms with E-state index in [0.29, 0.717) is 29.8 Å². The second kappa shape index (κ2) is 12.3. The number of hydrogen-bond acceptors (Lipinski definition) is 5. The van der Waals surface area contributed by atoms with Crippen LogP contribution in [0.5, 0.6) is 5.75 Å². The molecule has 4 aliphatic rings. The van der Waals surface area contributed by atoms with E-state index in [4.69, 9.17) is 4.99 Å². The van der Waals surface area contributed by atoms with E-state index in [9.17, 15) is 24.9 Å². The lowest BCUT2D eigenvalue weighted by Gasteiger charge is -2.45. The number of anilines is 1. The molecule has 0 saturated carbocycles. The van der Waals surface area contributed by atoms with Gasteiger partial charge in [0.2, 0.25) is 0 Å². The van der Waals surface area contributed by atoms with Crippen LogP contribution in [0.3, 0.4) is 0 Å². The Balaban J connectivity index is 1.29. The highest BCUT2D eigenvalue weighted by Crippen LogP contribution is 2.58. The Bertz CT molecular complexity index is 2490. The van der Waals surface area contributed by atoms with E-state index >= 15 is 0 Å². The highest BCUT2D eigenvalue weighted by atomic mass is 16.4. The summed E-state index contributed by atoms with van der Waals surface area (Å²) in [6, 6.07) is 33.6. The molecule has 0 saturated heterocycles. The van der Waals surface area contributed by atoms with Gasteiger partial charge in [0.15, 0.2) is 0 Å². The number of phenolic OH excluding ortho intramolecular Hbond substituents is 1. The fourth-order valence-corrected chi connectivity index (χ4v) is 8.57. The maximum absolute atomic E-state index is 11.7. The fourth-order valence-electron chi connectivity index (χ4n) is 8.57. The number of para-hydroxylation sites is 1. The average Bonchev–Trinajstić information content (AvgIpc) is 3.51. The number of nitrogens with zero attached hydrogens (tertiary/aromatic N) is 2. The molecule has 0 spiro atoms. The van der Waals surface area contributed by atoms with Crippen molar-refractivity contribution in [1.82, 2.24) is 0 Å². The number of fused-ring (bicyclic) bond motifs is 7. The quantitative estimate of drug-likeness (QED) is 0.163. The lowest BCUT2D eigenvalue weighted by Crippen LogP contribution is -2.48. The molecule has 1 aliphatic heterocycles. The first-order valence-corrected chi connectivity index (χ1v) is 17.9. The number of aromatic carboxylic acids is 1. The second-order valence-corrected chi connectivity index (χ2v) is 14.3. The van der Waals surface area contributed by atoms with E-state index in [1.807, 2.05) is 42.5 Å². The van der Waals surface area contributed by atoms with Gasteiger partial charge in [-0.05, 0) is 137 Å². The topological polar surface area (TPSA) is 110 Å². The third kappa shape index (κ3) is 5.22. The first kappa shape index (κ1) is 32.4. The molecule has 3 aliphatic carbocycles. The van der Waals surface area contributed by atoms with Crippen molar-refractivity contribution in [2.45, 2.75) is 44.2 Å². The molecular weight excluding hydrogens is 661 g/mol. The fraction of sp³-hybridized carbons (Fsp3) is 0.152. The molecule has 0 fully saturated rings. The van der Waals surface area contributed by atoms with Gasteiger partial charge in [0, 0.05) is 11.3 Å². The third-order valence-corrected chi connectivity index (χ3v) is 11.3.